The molecular formula is C36H28. The Balaban J connectivity index is 1.55. The summed E-state index contributed by atoms with van der Waals surface area (Å²) in [6.45, 7) is 0. The Labute approximate surface area is 212 Å². The van der Waals surface area contributed by atoms with Crippen molar-refractivity contribution in [2.24, 2.45) is 0 Å². The summed E-state index contributed by atoms with van der Waals surface area (Å²) in [5.41, 5.74) is 9.42. The Kier molecular flexibility index (Phi) is 5.17. The number of benzene rings is 6. The van der Waals surface area contributed by atoms with Crippen LogP contribution in [0.3, 0.4) is 0 Å². The molecule has 0 heteroatoms. The Morgan fingerprint density at radius 3 is 1.39 bits per heavy atom. The van der Waals surface area contributed by atoms with Gasteiger partial charge in [-0.15, -0.1) is 0 Å². The van der Waals surface area contributed by atoms with E-state index in [1.165, 1.54) is 79.8 Å². The van der Waals surface area contributed by atoms with Crippen LogP contribution in [-0.4, -0.2) is 0 Å². The van der Waals surface area contributed by atoms with E-state index in [1.54, 1.807) is 0 Å². The molecule has 36 heavy (non-hydrogen) atoms. The molecule has 0 saturated heterocycles. The van der Waals surface area contributed by atoms with Crippen LogP contribution < -0.4 is 0 Å². The van der Waals surface area contributed by atoms with Gasteiger partial charge in [-0.05, 0) is 85.3 Å². The first kappa shape index (κ1) is 21.1. The average molecular weight is 461 g/mol. The highest BCUT2D eigenvalue weighted by Gasteiger charge is 2.24. The molecule has 0 amide bonds. The molecule has 0 spiro atoms. The normalized spacial score (nSPS) is 13.7. The third-order valence-corrected chi connectivity index (χ3v) is 7.97. The van der Waals surface area contributed by atoms with Crippen molar-refractivity contribution in [1.82, 2.24) is 0 Å². The summed E-state index contributed by atoms with van der Waals surface area (Å²) >= 11 is 0. The molecule has 0 aromatic heterocycles. The van der Waals surface area contributed by atoms with E-state index in [1.807, 2.05) is 0 Å². The monoisotopic (exact) mass is 460 g/mol. The molecule has 0 aliphatic heterocycles. The fourth-order valence-electron chi connectivity index (χ4n) is 6.01. The van der Waals surface area contributed by atoms with Crippen LogP contribution in [0.15, 0.2) is 127 Å². The fourth-order valence-corrected chi connectivity index (χ4v) is 6.01. The number of rotatable bonds is 4. The lowest BCUT2D eigenvalue weighted by atomic mass is 9.76. The van der Waals surface area contributed by atoms with E-state index < -0.39 is 0 Å². The first-order chi connectivity index (χ1) is 17.9. The van der Waals surface area contributed by atoms with Crippen LogP contribution in [0.4, 0.5) is 0 Å². The minimum atomic E-state index is 0.684. The molecule has 0 unspecified atom stereocenters. The molecule has 1 aliphatic rings. The largest absolute Gasteiger partial charge is 0.0622 e. The van der Waals surface area contributed by atoms with Crippen molar-refractivity contribution in [2.75, 3.05) is 0 Å². The van der Waals surface area contributed by atoms with Gasteiger partial charge in [-0.2, -0.15) is 0 Å². The van der Waals surface area contributed by atoms with E-state index in [0.717, 1.165) is 0 Å². The summed E-state index contributed by atoms with van der Waals surface area (Å²) in [6, 6.07) is 46.9. The Morgan fingerprint density at radius 2 is 0.889 bits per heavy atom. The van der Waals surface area contributed by atoms with Gasteiger partial charge >= 0.3 is 0 Å². The van der Waals surface area contributed by atoms with Crippen LogP contribution in [0.5, 0.6) is 0 Å². The first-order valence-electron chi connectivity index (χ1n) is 13.1. The third kappa shape index (κ3) is 3.45. The average Bonchev–Trinajstić information content (AvgIpc) is 2.92. The van der Waals surface area contributed by atoms with Crippen molar-refractivity contribution in [2.45, 2.75) is 25.2 Å². The maximum atomic E-state index is 2.46. The summed E-state index contributed by atoms with van der Waals surface area (Å²) in [5.74, 6) is 0.684. The molecule has 0 radical (unpaired) electrons. The molecule has 0 N–H and O–H groups in total. The Morgan fingerprint density at radius 1 is 0.417 bits per heavy atom. The van der Waals surface area contributed by atoms with Gasteiger partial charge in [0.05, 0.1) is 0 Å². The molecule has 7 rings (SSSR count). The van der Waals surface area contributed by atoms with E-state index in [-0.39, 0.29) is 0 Å². The summed E-state index contributed by atoms with van der Waals surface area (Å²) in [6.07, 6.45) is 3.95. The molecule has 0 nitrogen and oxygen atoms in total. The van der Waals surface area contributed by atoms with Gasteiger partial charge < -0.3 is 0 Å². The number of fused-ring (bicyclic) bond motifs is 2. The van der Waals surface area contributed by atoms with Crippen molar-refractivity contribution in [3.05, 3.63) is 133 Å². The first-order valence-corrected chi connectivity index (χ1v) is 13.1. The third-order valence-electron chi connectivity index (χ3n) is 7.97. The predicted octanol–water partition coefficient (Wildman–Crippen LogP) is 10.3. The SMILES string of the molecule is c1ccc(-c2cc(-c3c4ccccc4c(-c4ccccc4)c4ccccc34)ccc2C2CCC2)cc1. The second-order valence-electron chi connectivity index (χ2n) is 10.0. The van der Waals surface area contributed by atoms with Crippen LogP contribution in [0.1, 0.15) is 30.7 Å². The summed E-state index contributed by atoms with van der Waals surface area (Å²) < 4.78 is 0. The van der Waals surface area contributed by atoms with Crippen LogP contribution in [0.2, 0.25) is 0 Å². The fraction of sp³-hybridized carbons (Fsp3) is 0.111. The van der Waals surface area contributed by atoms with Gasteiger partial charge in [0.1, 0.15) is 0 Å². The minimum absolute atomic E-state index is 0.684. The molecule has 0 bridgehead atoms. The summed E-state index contributed by atoms with van der Waals surface area (Å²) in [4.78, 5) is 0. The highest BCUT2D eigenvalue weighted by molar-refractivity contribution is 6.21. The van der Waals surface area contributed by atoms with Gasteiger partial charge in [0.15, 0.2) is 0 Å². The lowest BCUT2D eigenvalue weighted by molar-refractivity contribution is 0.420. The van der Waals surface area contributed by atoms with Crippen LogP contribution in [-0.2, 0) is 0 Å². The van der Waals surface area contributed by atoms with Gasteiger partial charge in [-0.25, -0.2) is 0 Å². The molecule has 1 fully saturated rings. The smallest absolute Gasteiger partial charge is 0.00262 e. The summed E-state index contributed by atoms with van der Waals surface area (Å²) in [5, 5.41) is 5.24. The highest BCUT2D eigenvalue weighted by Crippen LogP contribution is 2.46. The van der Waals surface area contributed by atoms with Gasteiger partial charge in [0.2, 0.25) is 0 Å². The van der Waals surface area contributed by atoms with E-state index >= 15 is 0 Å². The molecule has 172 valence electrons. The van der Waals surface area contributed by atoms with E-state index in [0.29, 0.717) is 5.92 Å². The minimum Gasteiger partial charge on any atom is -0.0622 e. The van der Waals surface area contributed by atoms with E-state index in [9.17, 15) is 0 Å². The van der Waals surface area contributed by atoms with Gasteiger partial charge in [-0.3, -0.25) is 0 Å². The molecule has 0 atom stereocenters. The van der Waals surface area contributed by atoms with Crippen LogP contribution >= 0.6 is 0 Å². The zero-order chi connectivity index (χ0) is 23.9. The van der Waals surface area contributed by atoms with Gasteiger partial charge in [0.25, 0.3) is 0 Å². The number of hydrogen-bond acceptors (Lipinski definition) is 0. The van der Waals surface area contributed by atoms with E-state index in [4.69, 9.17) is 0 Å². The van der Waals surface area contributed by atoms with E-state index in [2.05, 4.69) is 127 Å². The zero-order valence-electron chi connectivity index (χ0n) is 20.3. The second kappa shape index (κ2) is 8.81. The van der Waals surface area contributed by atoms with Crippen LogP contribution in [0, 0.1) is 0 Å². The number of hydrogen-bond donors (Lipinski definition) is 0. The van der Waals surface area contributed by atoms with Gasteiger partial charge in [0, 0.05) is 0 Å². The lowest BCUT2D eigenvalue weighted by Gasteiger charge is -2.29. The van der Waals surface area contributed by atoms with Crippen molar-refractivity contribution in [3.63, 3.8) is 0 Å². The topological polar surface area (TPSA) is 0 Å². The quantitative estimate of drug-likeness (QED) is 0.230. The molecule has 1 aliphatic carbocycles. The van der Waals surface area contributed by atoms with Crippen molar-refractivity contribution >= 4 is 21.5 Å². The van der Waals surface area contributed by atoms with Crippen molar-refractivity contribution < 1.29 is 0 Å². The van der Waals surface area contributed by atoms with Crippen molar-refractivity contribution in [1.29, 1.82) is 0 Å². The lowest BCUT2D eigenvalue weighted by Crippen LogP contribution is -2.10. The Hall–Kier alpha value is -4.16. The molecule has 6 aromatic rings. The predicted molar refractivity (Wildman–Crippen MR) is 154 cm³/mol. The summed E-state index contributed by atoms with van der Waals surface area (Å²) in [7, 11) is 0. The Bertz CT molecular complexity index is 1630. The maximum Gasteiger partial charge on any atom is -0.00262 e. The molecule has 1 saturated carbocycles. The van der Waals surface area contributed by atoms with Crippen LogP contribution in [0.25, 0.3) is 54.9 Å². The second-order valence-corrected chi connectivity index (χ2v) is 10.0. The molecule has 6 aromatic carbocycles. The van der Waals surface area contributed by atoms with Crippen molar-refractivity contribution in [3.8, 4) is 33.4 Å². The molecule has 0 heterocycles. The van der Waals surface area contributed by atoms with Gasteiger partial charge in [-0.1, -0.05) is 128 Å². The zero-order valence-corrected chi connectivity index (χ0v) is 20.3. The standard InChI is InChI=1S/C36H28/c1-3-12-26(13-4-1)34-24-28(22-23-29(34)25-16-11-17-25)36-32-20-9-7-18-30(32)35(27-14-5-2-6-15-27)31-19-8-10-21-33(31)36/h1-10,12-15,18-25H,11,16-17H2. The molecular weight excluding hydrogens is 432 g/mol. The highest BCUT2D eigenvalue weighted by atomic mass is 14.3. The maximum absolute atomic E-state index is 2.46.